The minimum atomic E-state index is -2.20. The number of hydrogen-bond donors (Lipinski definition) is 0. The van der Waals surface area contributed by atoms with Crippen molar-refractivity contribution in [1.82, 2.24) is 0 Å². The van der Waals surface area contributed by atoms with E-state index in [1.54, 1.807) is 0 Å². The van der Waals surface area contributed by atoms with E-state index in [2.05, 4.69) is 37.9 Å². The van der Waals surface area contributed by atoms with Crippen LogP contribution < -0.4 is 0 Å². The van der Waals surface area contributed by atoms with Crippen LogP contribution in [0.15, 0.2) is 14.7 Å². The quantitative estimate of drug-likeness (QED) is 0.0829. The smallest absolute Gasteiger partial charge is 0.774 e. The number of hydrogen-bond acceptors (Lipinski definition) is 3. The number of halogens is 15. The minimum absolute atomic E-state index is 0. The Labute approximate surface area is 224 Å². The number of benzene rings is 3. The molecule has 0 fully saturated rings. The van der Waals surface area contributed by atoms with E-state index < -0.39 is 102 Å². The van der Waals surface area contributed by atoms with Crippen LogP contribution in [0.4, 0.5) is 65.9 Å². The van der Waals surface area contributed by atoms with Crippen LogP contribution in [0.3, 0.4) is 0 Å². The second-order valence-electron chi connectivity index (χ2n) is 5.70. The molecule has 0 atom stereocenters. The predicted molar refractivity (Wildman–Crippen MR) is 95.6 cm³/mol. The van der Waals surface area contributed by atoms with Crippen molar-refractivity contribution in [3.63, 3.8) is 0 Å². The first-order valence-corrected chi connectivity index (χ1v) is 9.17. The largest absolute Gasteiger partial charge is 3.00 e. The van der Waals surface area contributed by atoms with Gasteiger partial charge in [-0.1, -0.05) is 14.7 Å². The van der Waals surface area contributed by atoms with Gasteiger partial charge >= 0.3 is 19.5 Å². The Morgan fingerprint density at radius 3 is 0.405 bits per heavy atom. The number of rotatable bonds is 0. The third-order valence-corrected chi connectivity index (χ3v) is 4.58. The molecule has 1 radical (unpaired) electrons. The van der Waals surface area contributed by atoms with Gasteiger partial charge in [0.15, 0.2) is 52.4 Å². The van der Waals surface area contributed by atoms with Crippen LogP contribution in [0, 0.1) is 87.3 Å². The first kappa shape index (κ1) is 34.9. The van der Waals surface area contributed by atoms with Crippen molar-refractivity contribution >= 4 is 37.9 Å². The monoisotopic (exact) mass is 699 g/mol. The summed E-state index contributed by atoms with van der Waals surface area (Å²) >= 11 is 11.8. The van der Waals surface area contributed by atoms with Gasteiger partial charge in [0.2, 0.25) is 0 Å². The molecule has 3 aromatic rings. The first-order chi connectivity index (χ1) is 16.4. The molecule has 203 valence electrons. The Bertz CT molecular complexity index is 858. The maximum absolute atomic E-state index is 12.3. The van der Waals surface area contributed by atoms with Gasteiger partial charge in [-0.15, -0.1) is 0 Å². The molecular weight excluding hydrogens is 698 g/mol. The molecule has 0 spiro atoms. The fourth-order valence-corrected chi connectivity index (χ4v) is 2.29. The zero-order valence-electron chi connectivity index (χ0n) is 16.2. The van der Waals surface area contributed by atoms with E-state index >= 15 is 0 Å². The average Bonchev–Trinajstić information content (AvgIpc) is 2.87. The van der Waals surface area contributed by atoms with Crippen LogP contribution in [0.2, 0.25) is 0 Å². The SMILES string of the molecule is Fc1c(F)c(F)c([S-])c(F)c1F.Fc1c(F)c(F)c([S-])c(F)c1F.Fc1c(F)c(F)c([S-])c(F)c1F.[Ru+3]. The molecule has 0 unspecified atom stereocenters. The summed E-state index contributed by atoms with van der Waals surface area (Å²) in [6.45, 7) is 0. The Hall–Kier alpha value is -2.11. The summed E-state index contributed by atoms with van der Waals surface area (Å²) in [5.41, 5.74) is 0. The van der Waals surface area contributed by atoms with Crippen molar-refractivity contribution in [2.45, 2.75) is 14.7 Å². The molecule has 0 saturated heterocycles. The van der Waals surface area contributed by atoms with E-state index in [4.69, 9.17) is 0 Å². The molecule has 0 bridgehead atoms. The summed E-state index contributed by atoms with van der Waals surface area (Å²) in [5, 5.41) is 0. The molecule has 19 heteroatoms. The molecule has 0 saturated carbocycles. The van der Waals surface area contributed by atoms with Gasteiger partial charge in [0.1, 0.15) is 34.9 Å². The van der Waals surface area contributed by atoms with Gasteiger partial charge < -0.3 is 37.9 Å². The van der Waals surface area contributed by atoms with Crippen molar-refractivity contribution in [2.75, 3.05) is 0 Å². The summed E-state index contributed by atoms with van der Waals surface area (Å²) in [4.78, 5) is -3.86. The molecule has 0 heterocycles. The Balaban J connectivity index is 0.000000518. The van der Waals surface area contributed by atoms with Gasteiger partial charge in [-0.25, -0.2) is 65.9 Å². The zero-order valence-corrected chi connectivity index (χ0v) is 20.4. The summed E-state index contributed by atoms with van der Waals surface area (Å²) in [5.74, 6) is -30.5. The van der Waals surface area contributed by atoms with Gasteiger partial charge in [0.25, 0.3) is 0 Å². The molecule has 0 amide bonds. The first-order valence-electron chi connectivity index (χ1n) is 7.95. The van der Waals surface area contributed by atoms with E-state index in [1.165, 1.54) is 0 Å². The molecule has 37 heavy (non-hydrogen) atoms. The van der Waals surface area contributed by atoms with Gasteiger partial charge in [-0.2, -0.15) is 0 Å². The Kier molecular flexibility index (Phi) is 12.8. The van der Waals surface area contributed by atoms with Crippen LogP contribution in [0.25, 0.3) is 0 Å². The van der Waals surface area contributed by atoms with Gasteiger partial charge in [-0.05, 0) is 0 Å². The zero-order chi connectivity index (χ0) is 28.4. The predicted octanol–water partition coefficient (Wildman–Crippen LogP) is 6.86. The normalized spacial score (nSPS) is 10.1. The van der Waals surface area contributed by atoms with Gasteiger partial charge in [-0.3, -0.25) is 0 Å². The fraction of sp³-hybridized carbons (Fsp3) is 0. The van der Waals surface area contributed by atoms with Crippen molar-refractivity contribution in [3.05, 3.63) is 87.3 Å². The molecule has 0 aliphatic heterocycles. The van der Waals surface area contributed by atoms with E-state index in [1.807, 2.05) is 0 Å². The molecule has 0 nitrogen and oxygen atoms in total. The standard InChI is InChI=1S/3C6HF5S.Ru/c3*7-1-2(8)4(10)6(12)5(11)3(1)9;/h3*12H;/q;;;+3/p-3. The van der Waals surface area contributed by atoms with Crippen LogP contribution in [0.5, 0.6) is 0 Å². The molecular formula is C18F15RuS3. The van der Waals surface area contributed by atoms with Crippen molar-refractivity contribution < 1.29 is 85.3 Å². The average molecular weight is 698 g/mol. The maximum Gasteiger partial charge on any atom is 3.00 e. The van der Waals surface area contributed by atoms with Crippen LogP contribution in [-0.2, 0) is 57.4 Å². The van der Waals surface area contributed by atoms with Crippen molar-refractivity contribution in [3.8, 4) is 0 Å². The van der Waals surface area contributed by atoms with Crippen molar-refractivity contribution in [1.29, 1.82) is 0 Å². The fourth-order valence-electron chi connectivity index (χ4n) is 1.75. The maximum atomic E-state index is 12.3. The summed E-state index contributed by atoms with van der Waals surface area (Å²) in [6, 6.07) is 0. The Morgan fingerprint density at radius 1 is 0.216 bits per heavy atom. The Morgan fingerprint density at radius 2 is 0.297 bits per heavy atom. The molecule has 0 aromatic heterocycles. The molecule has 3 aromatic carbocycles. The minimum Gasteiger partial charge on any atom is -0.774 e. The third kappa shape index (κ3) is 7.06. The van der Waals surface area contributed by atoms with E-state index in [0.29, 0.717) is 0 Å². The van der Waals surface area contributed by atoms with E-state index in [0.717, 1.165) is 0 Å². The second-order valence-corrected chi connectivity index (χ2v) is 6.92. The van der Waals surface area contributed by atoms with Crippen molar-refractivity contribution in [2.24, 2.45) is 0 Å². The topological polar surface area (TPSA) is 0 Å². The van der Waals surface area contributed by atoms with E-state index in [-0.39, 0.29) is 19.5 Å². The molecule has 0 aliphatic carbocycles. The van der Waals surface area contributed by atoms with Crippen LogP contribution >= 0.6 is 0 Å². The molecule has 0 aliphatic rings. The molecule has 3 rings (SSSR count). The summed E-state index contributed by atoms with van der Waals surface area (Å²) in [7, 11) is 0. The van der Waals surface area contributed by atoms with Gasteiger partial charge in [0.05, 0.1) is 0 Å². The third-order valence-electron chi connectivity index (χ3n) is 3.51. The second kappa shape index (κ2) is 13.6. The summed E-state index contributed by atoms with van der Waals surface area (Å²) in [6.07, 6.45) is 0. The van der Waals surface area contributed by atoms with Crippen LogP contribution in [0.1, 0.15) is 0 Å². The molecule has 0 N–H and O–H groups in total. The van der Waals surface area contributed by atoms with E-state index in [9.17, 15) is 65.9 Å². The van der Waals surface area contributed by atoms with Crippen LogP contribution in [-0.4, -0.2) is 0 Å². The van der Waals surface area contributed by atoms with Gasteiger partial charge in [0, 0.05) is 0 Å². The summed E-state index contributed by atoms with van der Waals surface area (Å²) < 4.78 is 184.